The summed E-state index contributed by atoms with van der Waals surface area (Å²) in [6.07, 6.45) is 0.701. The van der Waals surface area contributed by atoms with Crippen LogP contribution in [0.3, 0.4) is 0 Å². The topological polar surface area (TPSA) is 26.0 Å². The van der Waals surface area contributed by atoms with E-state index in [1.54, 1.807) is 0 Å². The fourth-order valence-corrected chi connectivity index (χ4v) is 1.54. The standard InChI is InChI=1S/C10H9BrClN/c11-9-5-4-8(10(12)7-9)3-1-2-6-13/h4-5,7H,2,6,13H2. The quantitative estimate of drug-likeness (QED) is 0.770. The van der Waals surface area contributed by atoms with Crippen molar-refractivity contribution in [3.05, 3.63) is 33.3 Å². The van der Waals surface area contributed by atoms with Crippen molar-refractivity contribution < 1.29 is 0 Å². The maximum Gasteiger partial charge on any atom is 0.0573 e. The summed E-state index contributed by atoms with van der Waals surface area (Å²) in [6.45, 7) is 0.584. The average molecular weight is 259 g/mol. The largest absolute Gasteiger partial charge is 0.330 e. The molecule has 1 nitrogen and oxygen atoms in total. The van der Waals surface area contributed by atoms with Gasteiger partial charge in [0.25, 0.3) is 0 Å². The van der Waals surface area contributed by atoms with Gasteiger partial charge in [0.05, 0.1) is 5.02 Å². The van der Waals surface area contributed by atoms with Crippen LogP contribution in [0, 0.1) is 11.8 Å². The second-order valence-corrected chi connectivity index (χ2v) is 3.79. The molecule has 0 amide bonds. The fourth-order valence-electron chi connectivity index (χ4n) is 0.821. The minimum Gasteiger partial charge on any atom is -0.330 e. The van der Waals surface area contributed by atoms with E-state index in [9.17, 15) is 0 Å². The van der Waals surface area contributed by atoms with E-state index in [4.69, 9.17) is 17.3 Å². The maximum absolute atomic E-state index is 5.94. The van der Waals surface area contributed by atoms with Gasteiger partial charge in [0.15, 0.2) is 0 Å². The highest BCUT2D eigenvalue weighted by Gasteiger charge is 1.96. The van der Waals surface area contributed by atoms with Crippen molar-refractivity contribution in [3.8, 4) is 11.8 Å². The van der Waals surface area contributed by atoms with Crippen LogP contribution in [0.1, 0.15) is 12.0 Å². The lowest BCUT2D eigenvalue weighted by molar-refractivity contribution is 1.03. The van der Waals surface area contributed by atoms with E-state index in [-0.39, 0.29) is 0 Å². The van der Waals surface area contributed by atoms with Crippen molar-refractivity contribution in [2.45, 2.75) is 6.42 Å². The van der Waals surface area contributed by atoms with E-state index >= 15 is 0 Å². The number of nitrogens with two attached hydrogens (primary N) is 1. The van der Waals surface area contributed by atoms with Crippen molar-refractivity contribution in [1.29, 1.82) is 0 Å². The zero-order valence-electron chi connectivity index (χ0n) is 6.98. The summed E-state index contributed by atoms with van der Waals surface area (Å²) in [4.78, 5) is 0. The molecule has 0 unspecified atom stereocenters. The lowest BCUT2D eigenvalue weighted by Gasteiger charge is -1.95. The summed E-state index contributed by atoms with van der Waals surface area (Å²) < 4.78 is 0.960. The molecule has 0 aromatic heterocycles. The van der Waals surface area contributed by atoms with Crippen molar-refractivity contribution in [1.82, 2.24) is 0 Å². The third-order valence-electron chi connectivity index (χ3n) is 1.42. The first-order valence-corrected chi connectivity index (χ1v) is 5.05. The summed E-state index contributed by atoms with van der Waals surface area (Å²) >= 11 is 9.27. The van der Waals surface area contributed by atoms with Crippen molar-refractivity contribution >= 4 is 27.5 Å². The molecule has 0 saturated heterocycles. The van der Waals surface area contributed by atoms with Crippen LogP contribution in [0.2, 0.25) is 5.02 Å². The molecule has 0 aliphatic rings. The summed E-state index contributed by atoms with van der Waals surface area (Å²) in [5.74, 6) is 5.90. The van der Waals surface area contributed by atoms with Gasteiger partial charge in [-0.1, -0.05) is 39.4 Å². The normalized spacial score (nSPS) is 9.15. The van der Waals surface area contributed by atoms with Gasteiger partial charge in [-0.25, -0.2) is 0 Å². The molecule has 1 aromatic rings. The molecule has 0 atom stereocenters. The first kappa shape index (κ1) is 10.6. The Morgan fingerprint density at radius 3 is 2.85 bits per heavy atom. The minimum atomic E-state index is 0.584. The lowest BCUT2D eigenvalue weighted by Crippen LogP contribution is -1.95. The molecule has 2 N–H and O–H groups in total. The Bertz CT molecular complexity index is 352. The molecule has 1 rings (SSSR count). The van der Waals surface area contributed by atoms with Crippen LogP contribution in [0.4, 0.5) is 0 Å². The molecule has 3 heteroatoms. The molecule has 0 saturated carbocycles. The van der Waals surface area contributed by atoms with Gasteiger partial charge in [0.1, 0.15) is 0 Å². The fraction of sp³-hybridized carbons (Fsp3) is 0.200. The molecule has 68 valence electrons. The van der Waals surface area contributed by atoms with Crippen molar-refractivity contribution in [3.63, 3.8) is 0 Å². The number of hydrogen-bond donors (Lipinski definition) is 1. The Labute approximate surface area is 91.4 Å². The second-order valence-electron chi connectivity index (χ2n) is 2.46. The molecular formula is C10H9BrClN. The molecule has 0 aliphatic heterocycles. The van der Waals surface area contributed by atoms with E-state index < -0.39 is 0 Å². The summed E-state index contributed by atoms with van der Waals surface area (Å²) in [7, 11) is 0. The first-order chi connectivity index (χ1) is 6.24. The van der Waals surface area contributed by atoms with Crippen LogP contribution in [-0.4, -0.2) is 6.54 Å². The molecule has 0 radical (unpaired) electrons. The van der Waals surface area contributed by atoms with Gasteiger partial charge in [0.2, 0.25) is 0 Å². The van der Waals surface area contributed by atoms with Crippen LogP contribution < -0.4 is 5.73 Å². The van der Waals surface area contributed by atoms with Crippen LogP contribution in [0.15, 0.2) is 22.7 Å². The van der Waals surface area contributed by atoms with Crippen LogP contribution >= 0.6 is 27.5 Å². The predicted molar refractivity (Wildman–Crippen MR) is 59.7 cm³/mol. The molecular weight excluding hydrogens is 249 g/mol. The molecule has 0 fully saturated rings. The SMILES string of the molecule is NCCC#Cc1ccc(Br)cc1Cl. The maximum atomic E-state index is 5.94. The van der Waals surface area contributed by atoms with Gasteiger partial charge in [-0.2, -0.15) is 0 Å². The molecule has 0 heterocycles. The van der Waals surface area contributed by atoms with Crippen LogP contribution in [0.25, 0.3) is 0 Å². The van der Waals surface area contributed by atoms with E-state index in [0.717, 1.165) is 10.0 Å². The van der Waals surface area contributed by atoms with Gasteiger partial charge in [0, 0.05) is 23.0 Å². The highest BCUT2D eigenvalue weighted by atomic mass is 79.9. The molecule has 13 heavy (non-hydrogen) atoms. The Hall–Kier alpha value is -0.490. The third kappa shape index (κ3) is 3.40. The smallest absolute Gasteiger partial charge is 0.0573 e. The zero-order valence-corrected chi connectivity index (χ0v) is 9.32. The lowest BCUT2D eigenvalue weighted by atomic mass is 10.2. The second kappa shape index (κ2) is 5.29. The van der Waals surface area contributed by atoms with Crippen LogP contribution in [-0.2, 0) is 0 Å². The van der Waals surface area contributed by atoms with E-state index in [0.29, 0.717) is 18.0 Å². The van der Waals surface area contributed by atoms with Gasteiger partial charge in [-0.15, -0.1) is 0 Å². The number of rotatable bonds is 1. The highest BCUT2D eigenvalue weighted by molar-refractivity contribution is 9.10. The summed E-state index contributed by atoms with van der Waals surface area (Å²) in [5.41, 5.74) is 6.16. The molecule has 0 bridgehead atoms. The molecule has 0 aliphatic carbocycles. The Kier molecular flexibility index (Phi) is 4.31. The molecule has 0 spiro atoms. The molecule has 1 aromatic carbocycles. The predicted octanol–water partition coefficient (Wildman–Crippen LogP) is 2.80. The number of hydrogen-bond acceptors (Lipinski definition) is 1. The first-order valence-electron chi connectivity index (χ1n) is 3.88. The Morgan fingerprint density at radius 1 is 1.46 bits per heavy atom. The van der Waals surface area contributed by atoms with Gasteiger partial charge in [-0.05, 0) is 18.2 Å². The number of benzene rings is 1. The van der Waals surface area contributed by atoms with Gasteiger partial charge < -0.3 is 5.73 Å². The van der Waals surface area contributed by atoms with Crippen LogP contribution in [0.5, 0.6) is 0 Å². The highest BCUT2D eigenvalue weighted by Crippen LogP contribution is 2.20. The van der Waals surface area contributed by atoms with E-state index in [1.165, 1.54) is 0 Å². The van der Waals surface area contributed by atoms with Crippen molar-refractivity contribution in [2.24, 2.45) is 5.73 Å². The zero-order chi connectivity index (χ0) is 9.68. The van der Waals surface area contributed by atoms with Gasteiger partial charge in [-0.3, -0.25) is 0 Å². The van der Waals surface area contributed by atoms with Crippen molar-refractivity contribution in [2.75, 3.05) is 6.54 Å². The van der Waals surface area contributed by atoms with E-state index in [1.807, 2.05) is 18.2 Å². The Balaban J connectivity index is 2.85. The minimum absolute atomic E-state index is 0.584. The summed E-state index contributed by atoms with van der Waals surface area (Å²) in [5, 5.41) is 0.666. The van der Waals surface area contributed by atoms with E-state index in [2.05, 4.69) is 27.8 Å². The average Bonchev–Trinajstić information content (AvgIpc) is 2.09. The summed E-state index contributed by atoms with van der Waals surface area (Å²) in [6, 6.07) is 5.63. The third-order valence-corrected chi connectivity index (χ3v) is 2.23. The monoisotopic (exact) mass is 257 g/mol. The van der Waals surface area contributed by atoms with Gasteiger partial charge >= 0.3 is 0 Å². The Morgan fingerprint density at radius 2 is 2.23 bits per heavy atom. The number of halogens is 2.